The summed E-state index contributed by atoms with van der Waals surface area (Å²) in [7, 11) is -7.78. The van der Waals surface area contributed by atoms with E-state index >= 15 is 0 Å². The Kier molecular flexibility index (Phi) is 5.42. The zero-order chi connectivity index (χ0) is 9.00. The number of hydrogen-bond donors (Lipinski definition) is 5. The minimum atomic E-state index is -4.14. The molecular formula is CH9NO6P2. The van der Waals surface area contributed by atoms with Gasteiger partial charge in [-0.2, -0.15) is 0 Å². The molecule has 0 aromatic rings. The molecule has 0 amide bonds. The zero-order valence-electron chi connectivity index (χ0n) is 5.08. The first kappa shape index (κ1) is 12.9. The molecule has 0 aliphatic carbocycles. The second kappa shape index (κ2) is 4.20. The fraction of sp³-hybridized carbons (Fsp3) is 1.00. The molecule has 0 atom stereocenters. The van der Waals surface area contributed by atoms with Crippen molar-refractivity contribution >= 4 is 15.3 Å². The Morgan fingerprint density at radius 2 is 1.10 bits per heavy atom. The van der Waals surface area contributed by atoms with Crippen molar-refractivity contribution in [3.05, 3.63) is 0 Å². The molecule has 0 spiro atoms. The largest absolute Gasteiger partial charge is 0.397 e. The van der Waals surface area contributed by atoms with Crippen molar-refractivity contribution in [3.63, 3.8) is 0 Å². The van der Waals surface area contributed by atoms with Gasteiger partial charge in [0.25, 0.3) is 0 Å². The van der Waals surface area contributed by atoms with E-state index in [-0.39, 0.29) is 0 Å². The summed E-state index contributed by atoms with van der Waals surface area (Å²) in [5.41, 5.74) is 4.02. The summed E-state index contributed by atoms with van der Waals surface area (Å²) in [5.74, 6) is 0. The van der Waals surface area contributed by atoms with E-state index in [1.165, 1.54) is 0 Å². The third-order valence-corrected chi connectivity index (χ3v) is 0. The van der Waals surface area contributed by atoms with E-state index in [1.807, 2.05) is 0 Å². The van der Waals surface area contributed by atoms with Gasteiger partial charge >= 0.3 is 15.3 Å². The standard InChI is InChI=1S/CH5O3P.H4NO3P/c2*1-5(2,3)4/h1H3,(H2,2,3,4);(H4,1,2,3,4). The Hall–Kier alpha value is 0.260. The normalized spacial score (nSPS) is 11.8. The lowest BCUT2D eigenvalue weighted by Crippen LogP contribution is -1.87. The molecule has 0 heterocycles. The van der Waals surface area contributed by atoms with Crippen molar-refractivity contribution in [2.75, 3.05) is 6.66 Å². The van der Waals surface area contributed by atoms with Crippen LogP contribution in [0.1, 0.15) is 0 Å². The lowest BCUT2D eigenvalue weighted by atomic mass is 12.0. The fourth-order valence-electron chi connectivity index (χ4n) is 0. The highest BCUT2D eigenvalue weighted by atomic mass is 31.2. The smallest absolute Gasteiger partial charge is 0.325 e. The molecule has 0 aliphatic heterocycles. The van der Waals surface area contributed by atoms with Gasteiger partial charge in [-0.15, -0.1) is 0 Å². The van der Waals surface area contributed by atoms with Gasteiger partial charge in [-0.25, -0.2) is 10.1 Å². The summed E-state index contributed by atoms with van der Waals surface area (Å²) in [4.78, 5) is 30.1. The summed E-state index contributed by atoms with van der Waals surface area (Å²) in [6, 6.07) is 0. The third kappa shape index (κ3) is 6440. The van der Waals surface area contributed by atoms with Crippen LogP contribution in [0.25, 0.3) is 0 Å². The van der Waals surface area contributed by atoms with Crippen LogP contribution in [-0.2, 0) is 9.13 Å². The van der Waals surface area contributed by atoms with Crippen LogP contribution in [0.5, 0.6) is 0 Å². The molecule has 0 fully saturated rings. The molecule has 0 bridgehead atoms. The molecule has 7 nitrogen and oxygen atoms in total. The molecule has 64 valence electrons. The number of nitrogens with two attached hydrogens (primary N) is 1. The second-order valence-electron chi connectivity index (χ2n) is 1.42. The second-order valence-corrected chi connectivity index (χ2v) is 4.27. The van der Waals surface area contributed by atoms with E-state index in [1.54, 1.807) is 0 Å². The summed E-state index contributed by atoms with van der Waals surface area (Å²) >= 11 is 0. The molecular weight excluding hydrogens is 184 g/mol. The van der Waals surface area contributed by atoms with Gasteiger partial charge in [0.1, 0.15) is 0 Å². The molecule has 0 aliphatic rings. The highest BCUT2D eigenvalue weighted by Gasteiger charge is 1.96. The van der Waals surface area contributed by atoms with Crippen molar-refractivity contribution in [3.8, 4) is 0 Å². The zero-order valence-corrected chi connectivity index (χ0v) is 6.87. The van der Waals surface area contributed by atoms with Crippen molar-refractivity contribution in [2.24, 2.45) is 5.50 Å². The Morgan fingerprint density at radius 3 is 1.10 bits per heavy atom. The lowest BCUT2D eigenvalue weighted by Gasteiger charge is -1.84. The Bertz CT molecular complexity index is 128. The minimum absolute atomic E-state index is 0.854. The molecule has 0 aromatic carbocycles. The SMILES string of the molecule is CP(=O)(O)O.NP(=O)(O)O. The molecule has 0 aromatic heterocycles. The van der Waals surface area contributed by atoms with Crippen molar-refractivity contribution in [1.29, 1.82) is 0 Å². The summed E-state index contributed by atoms with van der Waals surface area (Å²) < 4.78 is 18.4. The molecule has 0 radical (unpaired) electrons. The third-order valence-electron chi connectivity index (χ3n) is 0. The van der Waals surface area contributed by atoms with Crippen LogP contribution in [0.15, 0.2) is 0 Å². The van der Waals surface area contributed by atoms with Crippen molar-refractivity contribution in [1.82, 2.24) is 0 Å². The molecule has 6 N–H and O–H groups in total. The van der Waals surface area contributed by atoms with Crippen LogP contribution in [0.3, 0.4) is 0 Å². The summed E-state index contributed by atoms with van der Waals surface area (Å²) in [6.07, 6.45) is 0. The maximum Gasteiger partial charge on any atom is 0.397 e. The highest BCUT2D eigenvalue weighted by molar-refractivity contribution is 7.50. The Morgan fingerprint density at radius 1 is 1.10 bits per heavy atom. The van der Waals surface area contributed by atoms with Crippen LogP contribution in [-0.4, -0.2) is 26.2 Å². The van der Waals surface area contributed by atoms with Gasteiger partial charge in [0.15, 0.2) is 0 Å². The van der Waals surface area contributed by atoms with Gasteiger partial charge in [-0.1, -0.05) is 0 Å². The number of hydrogen-bond acceptors (Lipinski definition) is 2. The maximum atomic E-state index is 9.33. The van der Waals surface area contributed by atoms with Crippen LogP contribution >= 0.6 is 15.3 Å². The molecule has 9 heteroatoms. The number of rotatable bonds is 0. The maximum absolute atomic E-state index is 9.33. The van der Waals surface area contributed by atoms with Crippen LogP contribution in [0.2, 0.25) is 0 Å². The average Bonchev–Trinajstić information content (AvgIpc) is 1.12. The van der Waals surface area contributed by atoms with Gasteiger partial charge in [0.2, 0.25) is 0 Å². The minimum Gasteiger partial charge on any atom is -0.325 e. The molecule has 0 saturated carbocycles. The molecule has 0 saturated heterocycles. The molecule has 0 unspecified atom stereocenters. The van der Waals surface area contributed by atoms with E-state index in [4.69, 9.17) is 24.1 Å². The summed E-state index contributed by atoms with van der Waals surface area (Å²) in [5, 5.41) is 0. The Labute approximate surface area is 57.2 Å². The van der Waals surface area contributed by atoms with E-state index in [2.05, 4.69) is 5.50 Å². The van der Waals surface area contributed by atoms with Crippen LogP contribution < -0.4 is 5.50 Å². The molecule has 10 heavy (non-hydrogen) atoms. The van der Waals surface area contributed by atoms with E-state index < -0.39 is 15.3 Å². The van der Waals surface area contributed by atoms with Gasteiger partial charge < -0.3 is 19.6 Å². The Balaban J connectivity index is 0. The predicted molar refractivity (Wildman–Crippen MR) is 34.2 cm³/mol. The van der Waals surface area contributed by atoms with Crippen molar-refractivity contribution < 1.29 is 28.7 Å². The lowest BCUT2D eigenvalue weighted by molar-refractivity contribution is 0.374. The quantitative estimate of drug-likeness (QED) is 0.305. The van der Waals surface area contributed by atoms with Gasteiger partial charge in [-0.3, -0.25) is 4.57 Å². The fourth-order valence-corrected chi connectivity index (χ4v) is 0. The van der Waals surface area contributed by atoms with Gasteiger partial charge in [0, 0.05) is 6.66 Å². The van der Waals surface area contributed by atoms with Gasteiger partial charge in [-0.05, 0) is 0 Å². The monoisotopic (exact) mass is 193 g/mol. The highest BCUT2D eigenvalue weighted by Crippen LogP contribution is 2.26. The van der Waals surface area contributed by atoms with Crippen molar-refractivity contribution in [2.45, 2.75) is 0 Å². The summed E-state index contributed by atoms with van der Waals surface area (Å²) in [6.45, 7) is 0.854. The van der Waals surface area contributed by atoms with E-state index in [0.29, 0.717) is 0 Å². The van der Waals surface area contributed by atoms with Gasteiger partial charge in [0.05, 0.1) is 0 Å². The average molecular weight is 193 g/mol. The van der Waals surface area contributed by atoms with Crippen LogP contribution in [0, 0.1) is 0 Å². The van der Waals surface area contributed by atoms with E-state index in [0.717, 1.165) is 6.66 Å². The predicted octanol–water partition coefficient (Wildman–Crippen LogP) is -1.17. The topological polar surface area (TPSA) is 141 Å². The first-order chi connectivity index (χ1) is 4.00. The first-order valence-corrected chi connectivity index (χ1v) is 5.61. The molecule has 0 rings (SSSR count). The first-order valence-electron chi connectivity index (χ1n) is 1.87. The van der Waals surface area contributed by atoms with E-state index in [9.17, 15) is 4.57 Å². The van der Waals surface area contributed by atoms with Crippen LogP contribution in [0.4, 0.5) is 0 Å².